The zero-order chi connectivity index (χ0) is 26.9. The molecule has 38 heavy (non-hydrogen) atoms. The number of fused-ring (bicyclic) bond motifs is 1. The Hall–Kier alpha value is -3.34. The Kier molecular flexibility index (Phi) is 7.46. The predicted octanol–water partition coefficient (Wildman–Crippen LogP) is 5.90. The highest BCUT2D eigenvalue weighted by Gasteiger charge is 2.27. The number of amides is 1. The van der Waals surface area contributed by atoms with Crippen LogP contribution in [0.5, 0.6) is 0 Å². The summed E-state index contributed by atoms with van der Waals surface area (Å²) in [5, 5.41) is 10.4. The van der Waals surface area contributed by atoms with Gasteiger partial charge in [0.2, 0.25) is 0 Å². The van der Waals surface area contributed by atoms with Crippen LogP contribution in [0, 0.1) is 5.82 Å². The number of rotatable bonds is 9. The molecule has 8 nitrogen and oxygen atoms in total. The van der Waals surface area contributed by atoms with Crippen molar-refractivity contribution < 1.29 is 13.9 Å². The number of ether oxygens (including phenoxy) is 1. The van der Waals surface area contributed by atoms with Crippen LogP contribution in [0.2, 0.25) is 25.7 Å². The summed E-state index contributed by atoms with van der Waals surface area (Å²) in [4.78, 5) is 19.8. The number of aromatic amines is 1. The Bertz CT molecular complexity index is 1430. The summed E-state index contributed by atoms with van der Waals surface area (Å²) in [6, 6.07) is 9.95. The van der Waals surface area contributed by atoms with Crippen LogP contribution in [0.15, 0.2) is 48.9 Å². The van der Waals surface area contributed by atoms with Crippen molar-refractivity contribution in [3.8, 4) is 11.1 Å². The number of benzene rings is 1. The van der Waals surface area contributed by atoms with Gasteiger partial charge in [0.1, 0.15) is 18.4 Å². The van der Waals surface area contributed by atoms with Gasteiger partial charge in [-0.15, -0.1) is 0 Å². The van der Waals surface area contributed by atoms with Gasteiger partial charge in [-0.2, -0.15) is 5.10 Å². The van der Waals surface area contributed by atoms with Gasteiger partial charge >= 0.3 is 0 Å². The number of pyridine rings is 1. The fraction of sp³-hybridized carbons (Fsp3) is 0.393. The lowest BCUT2D eigenvalue weighted by atomic mass is 10.1. The number of H-pyrrole nitrogens is 1. The monoisotopic (exact) mass is 534 g/mol. The normalized spacial score (nSPS) is 16.4. The van der Waals surface area contributed by atoms with E-state index in [1.807, 2.05) is 6.07 Å². The molecule has 4 heterocycles. The van der Waals surface area contributed by atoms with E-state index in [2.05, 4.69) is 62.7 Å². The minimum atomic E-state index is -1.20. The number of aromatic nitrogens is 4. The Morgan fingerprint density at radius 2 is 2.05 bits per heavy atom. The average Bonchev–Trinajstić information content (AvgIpc) is 3.61. The fourth-order valence-corrected chi connectivity index (χ4v) is 5.71. The molecular weight excluding hydrogens is 499 g/mol. The summed E-state index contributed by atoms with van der Waals surface area (Å²) in [6.45, 7) is 9.25. The van der Waals surface area contributed by atoms with Crippen molar-refractivity contribution in [2.24, 2.45) is 0 Å². The highest BCUT2D eigenvalue weighted by atomic mass is 28.3. The molecule has 1 aliphatic heterocycles. The molecule has 0 bridgehead atoms. The third-order valence-electron chi connectivity index (χ3n) is 7.18. The van der Waals surface area contributed by atoms with Crippen LogP contribution in [0.1, 0.15) is 34.9 Å². The lowest BCUT2D eigenvalue weighted by Crippen LogP contribution is -2.23. The van der Waals surface area contributed by atoms with Gasteiger partial charge in [-0.3, -0.25) is 14.8 Å². The van der Waals surface area contributed by atoms with Gasteiger partial charge in [0, 0.05) is 55.8 Å². The van der Waals surface area contributed by atoms with E-state index < -0.39 is 19.8 Å². The SMILES string of the molecule is CN1CCC[C@@H]1c1cc2cnc(NC(=O)c3ccc(-c4cn[nH]c4)cc3F)cc2n1COCC[Si](C)(C)C. The molecule has 1 aliphatic rings. The van der Waals surface area contributed by atoms with Crippen molar-refractivity contribution in [3.63, 3.8) is 0 Å². The van der Waals surface area contributed by atoms with E-state index in [1.165, 1.54) is 17.8 Å². The zero-order valence-corrected chi connectivity index (χ0v) is 23.4. The highest BCUT2D eigenvalue weighted by Crippen LogP contribution is 2.35. The third-order valence-corrected chi connectivity index (χ3v) is 8.89. The summed E-state index contributed by atoms with van der Waals surface area (Å²) in [7, 11) is 0.953. The Morgan fingerprint density at radius 1 is 1.21 bits per heavy atom. The van der Waals surface area contributed by atoms with Crippen LogP contribution in [0.4, 0.5) is 10.2 Å². The number of nitrogens with zero attached hydrogens (tertiary/aromatic N) is 4. The number of hydrogen-bond acceptors (Lipinski definition) is 5. The van der Waals surface area contributed by atoms with Crippen molar-refractivity contribution >= 4 is 30.7 Å². The first kappa shape index (κ1) is 26.3. The number of likely N-dealkylation sites (tertiary alicyclic amines) is 1. The van der Waals surface area contributed by atoms with E-state index in [-0.39, 0.29) is 5.56 Å². The first-order valence-electron chi connectivity index (χ1n) is 13.1. The molecule has 1 saturated heterocycles. The number of halogens is 1. The maximum atomic E-state index is 14.8. The Balaban J connectivity index is 1.40. The average molecular weight is 535 g/mol. The second-order valence-electron chi connectivity index (χ2n) is 11.2. The maximum absolute atomic E-state index is 14.8. The van der Waals surface area contributed by atoms with Gasteiger partial charge < -0.3 is 14.6 Å². The van der Waals surface area contributed by atoms with Gasteiger partial charge in [-0.05, 0) is 56.2 Å². The number of hydrogen-bond donors (Lipinski definition) is 2. The molecule has 1 atom stereocenters. The minimum Gasteiger partial charge on any atom is -0.361 e. The van der Waals surface area contributed by atoms with Crippen LogP contribution in [-0.4, -0.2) is 58.8 Å². The van der Waals surface area contributed by atoms with E-state index in [0.717, 1.165) is 48.5 Å². The molecule has 0 aliphatic carbocycles. The molecular formula is C28H35FN6O2Si. The van der Waals surface area contributed by atoms with E-state index in [1.54, 1.807) is 24.7 Å². The number of carbonyl (C=O) groups excluding carboxylic acids is 1. The molecule has 0 spiro atoms. The molecule has 3 aromatic heterocycles. The van der Waals surface area contributed by atoms with Crippen LogP contribution in [0.3, 0.4) is 0 Å². The summed E-state index contributed by atoms with van der Waals surface area (Å²) in [5.74, 6) is -0.782. The summed E-state index contributed by atoms with van der Waals surface area (Å²) >= 11 is 0. The van der Waals surface area contributed by atoms with E-state index >= 15 is 0 Å². The van der Waals surface area contributed by atoms with Crippen molar-refractivity contribution in [1.82, 2.24) is 24.6 Å². The molecule has 0 unspecified atom stereocenters. The second-order valence-corrected chi connectivity index (χ2v) is 16.9. The zero-order valence-electron chi connectivity index (χ0n) is 22.4. The van der Waals surface area contributed by atoms with Crippen molar-refractivity contribution in [2.45, 2.75) is 51.3 Å². The van der Waals surface area contributed by atoms with Gasteiger partial charge in [-0.25, -0.2) is 9.37 Å². The fourth-order valence-electron chi connectivity index (χ4n) is 4.95. The summed E-state index contributed by atoms with van der Waals surface area (Å²) < 4.78 is 23.2. The van der Waals surface area contributed by atoms with Gasteiger partial charge in [0.15, 0.2) is 0 Å². The lowest BCUT2D eigenvalue weighted by Gasteiger charge is -2.22. The molecule has 4 aromatic rings. The van der Waals surface area contributed by atoms with Crippen LogP contribution < -0.4 is 5.32 Å². The second kappa shape index (κ2) is 10.8. The van der Waals surface area contributed by atoms with Gasteiger partial charge in [0.05, 0.1) is 17.3 Å². The third kappa shape index (κ3) is 5.72. The topological polar surface area (TPSA) is 88.1 Å². The minimum absolute atomic E-state index is 0.0440. The molecule has 5 rings (SSSR count). The summed E-state index contributed by atoms with van der Waals surface area (Å²) in [5.41, 5.74) is 3.48. The molecule has 10 heteroatoms. The number of anilines is 1. The predicted molar refractivity (Wildman–Crippen MR) is 150 cm³/mol. The molecule has 1 aromatic carbocycles. The van der Waals surface area contributed by atoms with Crippen LogP contribution >= 0.6 is 0 Å². The molecule has 0 saturated carbocycles. The van der Waals surface area contributed by atoms with Gasteiger partial charge in [-0.1, -0.05) is 25.7 Å². The van der Waals surface area contributed by atoms with E-state index in [9.17, 15) is 9.18 Å². The van der Waals surface area contributed by atoms with Gasteiger partial charge in [0.25, 0.3) is 5.91 Å². The molecule has 1 fully saturated rings. The van der Waals surface area contributed by atoms with Crippen LogP contribution in [-0.2, 0) is 11.5 Å². The molecule has 200 valence electrons. The molecule has 2 N–H and O–H groups in total. The Morgan fingerprint density at radius 3 is 2.74 bits per heavy atom. The highest BCUT2D eigenvalue weighted by molar-refractivity contribution is 6.76. The number of nitrogens with one attached hydrogen (secondary N) is 2. The molecule has 0 radical (unpaired) electrons. The first-order chi connectivity index (χ1) is 18.2. The van der Waals surface area contributed by atoms with Crippen molar-refractivity contribution in [1.29, 1.82) is 0 Å². The maximum Gasteiger partial charge on any atom is 0.259 e. The van der Waals surface area contributed by atoms with E-state index in [0.29, 0.717) is 24.2 Å². The quantitative estimate of drug-likeness (QED) is 0.206. The lowest BCUT2D eigenvalue weighted by molar-refractivity contribution is 0.0857. The summed E-state index contributed by atoms with van der Waals surface area (Å²) in [6.07, 6.45) is 7.29. The van der Waals surface area contributed by atoms with Crippen molar-refractivity contribution in [2.75, 3.05) is 25.5 Å². The number of carbonyl (C=O) groups is 1. The smallest absolute Gasteiger partial charge is 0.259 e. The van der Waals surface area contributed by atoms with E-state index in [4.69, 9.17) is 4.74 Å². The van der Waals surface area contributed by atoms with Crippen molar-refractivity contribution in [3.05, 3.63) is 66.0 Å². The largest absolute Gasteiger partial charge is 0.361 e. The first-order valence-corrected chi connectivity index (χ1v) is 16.8. The molecule has 1 amide bonds. The van der Waals surface area contributed by atoms with Crippen LogP contribution in [0.25, 0.3) is 22.0 Å². The standard InChI is InChI=1S/C28H35FN6O2Si/c1-34-9-5-6-24(34)26-13-20-15-30-27(14-25(20)35(26)18-37-10-11-38(2,3)4)33-28(36)22-8-7-19(12-23(22)29)21-16-31-32-17-21/h7-8,12-17,24H,5-6,9-11,18H2,1-4H3,(H,31,32)(H,30,33,36)/t24-/m1/s1. The Labute approximate surface area is 223 Å².